The summed E-state index contributed by atoms with van der Waals surface area (Å²) in [7, 11) is 0. The Morgan fingerprint density at radius 3 is 2.69 bits per heavy atom. The van der Waals surface area contributed by atoms with Crippen molar-refractivity contribution in [2.75, 3.05) is 26.2 Å². The maximum absolute atomic E-state index is 12.3. The molecule has 7 nitrogen and oxygen atoms in total. The molecular weight excluding hydrogens is 372 g/mol. The first-order valence-corrected chi connectivity index (χ1v) is 10.3. The molecule has 0 radical (unpaired) electrons. The number of amides is 2. The highest BCUT2D eigenvalue weighted by molar-refractivity contribution is 5.83. The van der Waals surface area contributed by atoms with Crippen molar-refractivity contribution < 1.29 is 24.2 Å². The van der Waals surface area contributed by atoms with Crippen LogP contribution in [0.3, 0.4) is 0 Å². The first-order valence-electron chi connectivity index (χ1n) is 10.3. The van der Waals surface area contributed by atoms with Gasteiger partial charge in [-0.25, -0.2) is 0 Å². The standard InChI is InChI=1S/C22H30N2O5/c1-14(25)23-12-19(27)24-8-6-22(7-9-24)11-17-20(28-13-22)16-5-4-15(26)10-18(16)29-21(17,2)3/h4-5,10,17,20,26H,6-9,11-13H2,1-3H3,(H,23,25)/t17-,20+/m0/s1. The van der Waals surface area contributed by atoms with E-state index in [2.05, 4.69) is 19.2 Å². The van der Waals surface area contributed by atoms with Crippen molar-refractivity contribution in [3.05, 3.63) is 23.8 Å². The molecule has 1 aromatic rings. The van der Waals surface area contributed by atoms with Gasteiger partial charge in [-0.2, -0.15) is 0 Å². The highest BCUT2D eigenvalue weighted by atomic mass is 16.5. The van der Waals surface area contributed by atoms with Gasteiger partial charge in [-0.1, -0.05) is 0 Å². The van der Waals surface area contributed by atoms with Gasteiger partial charge in [0.1, 0.15) is 17.1 Å². The van der Waals surface area contributed by atoms with Crippen molar-refractivity contribution in [1.29, 1.82) is 0 Å². The third-order valence-electron chi connectivity index (χ3n) is 6.82. The number of rotatable bonds is 2. The average Bonchev–Trinajstić information content (AvgIpc) is 2.66. The molecule has 0 bridgehead atoms. The third kappa shape index (κ3) is 3.80. The zero-order valence-electron chi connectivity index (χ0n) is 17.4. The second-order valence-corrected chi connectivity index (χ2v) is 9.26. The van der Waals surface area contributed by atoms with E-state index in [0.29, 0.717) is 25.4 Å². The van der Waals surface area contributed by atoms with Crippen LogP contribution in [0.4, 0.5) is 0 Å². The lowest BCUT2D eigenvalue weighted by Crippen LogP contribution is -2.55. The molecule has 0 saturated carbocycles. The average molecular weight is 402 g/mol. The number of carbonyl (C=O) groups excluding carboxylic acids is 2. The van der Waals surface area contributed by atoms with Crippen LogP contribution in [-0.4, -0.2) is 53.7 Å². The van der Waals surface area contributed by atoms with Gasteiger partial charge in [0.2, 0.25) is 11.8 Å². The van der Waals surface area contributed by atoms with E-state index in [1.807, 2.05) is 11.0 Å². The topological polar surface area (TPSA) is 88.1 Å². The van der Waals surface area contributed by atoms with Crippen LogP contribution in [0.2, 0.25) is 0 Å². The van der Waals surface area contributed by atoms with E-state index in [1.54, 1.807) is 12.1 Å². The summed E-state index contributed by atoms with van der Waals surface area (Å²) in [5.74, 6) is 0.883. The van der Waals surface area contributed by atoms with Crippen molar-refractivity contribution >= 4 is 11.8 Å². The summed E-state index contributed by atoms with van der Waals surface area (Å²) < 4.78 is 12.7. The molecule has 1 spiro atoms. The normalized spacial score (nSPS) is 26.8. The summed E-state index contributed by atoms with van der Waals surface area (Å²) >= 11 is 0. The number of aromatic hydroxyl groups is 1. The Morgan fingerprint density at radius 2 is 2.00 bits per heavy atom. The molecule has 1 aromatic carbocycles. The van der Waals surface area contributed by atoms with Crippen LogP contribution in [0.1, 0.15) is 51.7 Å². The highest BCUT2D eigenvalue weighted by Gasteiger charge is 2.52. The SMILES string of the molecule is CC(=O)NCC(=O)N1CCC2(CC1)CO[C@@H]1c3ccc(O)cc3OC(C)(C)[C@H]1C2. The van der Waals surface area contributed by atoms with Crippen LogP contribution in [0.5, 0.6) is 11.5 Å². The quantitative estimate of drug-likeness (QED) is 0.793. The number of fused-ring (bicyclic) bond motifs is 3. The van der Waals surface area contributed by atoms with Crippen molar-refractivity contribution in [1.82, 2.24) is 10.2 Å². The number of phenolic OH excluding ortho intramolecular Hbond substituents is 1. The van der Waals surface area contributed by atoms with E-state index < -0.39 is 5.60 Å². The highest BCUT2D eigenvalue weighted by Crippen LogP contribution is 2.55. The third-order valence-corrected chi connectivity index (χ3v) is 6.82. The number of nitrogens with zero attached hydrogens (tertiary/aromatic N) is 1. The summed E-state index contributed by atoms with van der Waals surface area (Å²) in [5, 5.41) is 12.4. The molecule has 2 N–H and O–H groups in total. The van der Waals surface area contributed by atoms with Gasteiger partial charge in [-0.05, 0) is 50.7 Å². The Bertz CT molecular complexity index is 813. The van der Waals surface area contributed by atoms with Crippen LogP contribution < -0.4 is 10.1 Å². The van der Waals surface area contributed by atoms with Gasteiger partial charge in [-0.15, -0.1) is 0 Å². The number of ether oxygens (including phenoxy) is 2. The molecule has 0 aromatic heterocycles. The molecule has 29 heavy (non-hydrogen) atoms. The predicted octanol–water partition coefficient (Wildman–Crippen LogP) is 2.39. The van der Waals surface area contributed by atoms with Crippen molar-refractivity contribution in [2.24, 2.45) is 11.3 Å². The number of carbonyl (C=O) groups is 2. The zero-order chi connectivity index (χ0) is 20.8. The van der Waals surface area contributed by atoms with Crippen LogP contribution in [-0.2, 0) is 14.3 Å². The first-order chi connectivity index (χ1) is 13.7. The van der Waals surface area contributed by atoms with E-state index in [-0.39, 0.29) is 41.5 Å². The van der Waals surface area contributed by atoms with E-state index >= 15 is 0 Å². The van der Waals surface area contributed by atoms with Gasteiger partial charge in [-0.3, -0.25) is 9.59 Å². The number of phenols is 1. The number of piperidine rings is 1. The first kappa shape index (κ1) is 20.0. The van der Waals surface area contributed by atoms with Crippen molar-refractivity contribution in [3.63, 3.8) is 0 Å². The number of likely N-dealkylation sites (tertiary alicyclic amines) is 1. The molecule has 7 heteroatoms. The zero-order valence-corrected chi connectivity index (χ0v) is 17.4. The lowest BCUT2D eigenvalue weighted by atomic mass is 9.64. The number of hydrogen-bond donors (Lipinski definition) is 2. The fourth-order valence-electron chi connectivity index (χ4n) is 5.03. The van der Waals surface area contributed by atoms with E-state index in [0.717, 1.165) is 24.8 Å². The molecule has 0 unspecified atom stereocenters. The fraction of sp³-hybridized carbons (Fsp3) is 0.636. The number of hydrogen-bond acceptors (Lipinski definition) is 5. The molecule has 3 aliphatic rings. The summed E-state index contributed by atoms with van der Waals surface area (Å²) in [6.45, 7) is 7.70. The van der Waals surface area contributed by atoms with Gasteiger partial charge < -0.3 is 24.8 Å². The lowest BCUT2D eigenvalue weighted by molar-refractivity contribution is -0.176. The molecule has 0 aliphatic carbocycles. The van der Waals surface area contributed by atoms with E-state index in [9.17, 15) is 14.7 Å². The van der Waals surface area contributed by atoms with Crippen molar-refractivity contribution in [2.45, 2.75) is 51.7 Å². The van der Waals surface area contributed by atoms with E-state index in [1.165, 1.54) is 6.92 Å². The minimum absolute atomic E-state index is 0.0280. The lowest BCUT2D eigenvalue weighted by Gasteiger charge is -2.54. The molecule has 158 valence electrons. The predicted molar refractivity (Wildman–Crippen MR) is 107 cm³/mol. The van der Waals surface area contributed by atoms with Gasteiger partial charge in [0.15, 0.2) is 0 Å². The Hall–Kier alpha value is -2.28. The molecule has 4 rings (SSSR count). The van der Waals surface area contributed by atoms with Gasteiger partial charge in [0.05, 0.1) is 19.3 Å². The van der Waals surface area contributed by atoms with Crippen LogP contribution in [0.15, 0.2) is 18.2 Å². The summed E-state index contributed by atoms with van der Waals surface area (Å²) in [6.07, 6.45) is 2.72. The Kier molecular flexibility index (Phi) is 4.97. The number of benzene rings is 1. The summed E-state index contributed by atoms with van der Waals surface area (Å²) in [6, 6.07) is 5.25. The molecule has 2 fully saturated rings. The fourth-order valence-corrected chi connectivity index (χ4v) is 5.03. The minimum Gasteiger partial charge on any atom is -0.508 e. The van der Waals surface area contributed by atoms with Gasteiger partial charge in [0.25, 0.3) is 0 Å². The maximum Gasteiger partial charge on any atom is 0.241 e. The largest absolute Gasteiger partial charge is 0.508 e. The molecular formula is C22H30N2O5. The second-order valence-electron chi connectivity index (χ2n) is 9.26. The maximum atomic E-state index is 12.3. The van der Waals surface area contributed by atoms with Crippen molar-refractivity contribution in [3.8, 4) is 11.5 Å². The Balaban J connectivity index is 1.45. The number of nitrogens with one attached hydrogen (secondary N) is 1. The molecule has 2 atom stereocenters. The smallest absolute Gasteiger partial charge is 0.241 e. The Labute approximate surface area is 171 Å². The monoisotopic (exact) mass is 402 g/mol. The van der Waals surface area contributed by atoms with Gasteiger partial charge in [0, 0.05) is 37.6 Å². The minimum atomic E-state index is -0.406. The van der Waals surface area contributed by atoms with E-state index in [4.69, 9.17) is 9.47 Å². The summed E-state index contributed by atoms with van der Waals surface area (Å²) in [4.78, 5) is 25.2. The van der Waals surface area contributed by atoms with Gasteiger partial charge >= 0.3 is 0 Å². The van der Waals surface area contributed by atoms with Crippen LogP contribution >= 0.6 is 0 Å². The second kappa shape index (κ2) is 7.20. The summed E-state index contributed by atoms with van der Waals surface area (Å²) in [5.41, 5.74) is 0.642. The molecule has 3 aliphatic heterocycles. The molecule has 2 amide bonds. The molecule has 2 saturated heterocycles. The van der Waals surface area contributed by atoms with Crippen LogP contribution in [0, 0.1) is 11.3 Å². The Morgan fingerprint density at radius 1 is 1.28 bits per heavy atom. The van der Waals surface area contributed by atoms with Crippen LogP contribution in [0.25, 0.3) is 0 Å². The molecule has 3 heterocycles.